The molecule has 0 aliphatic rings. The van der Waals surface area contributed by atoms with Crippen molar-refractivity contribution in [3.05, 3.63) is 28.9 Å². The predicted molar refractivity (Wildman–Crippen MR) is 83.4 cm³/mol. The normalized spacial score (nSPS) is 11.8. The van der Waals surface area contributed by atoms with Crippen LogP contribution in [0.25, 0.3) is 10.9 Å². The molecule has 0 aliphatic heterocycles. The van der Waals surface area contributed by atoms with E-state index in [9.17, 15) is 0 Å². The quantitative estimate of drug-likeness (QED) is 0.905. The Morgan fingerprint density at radius 3 is 2.84 bits per heavy atom. The van der Waals surface area contributed by atoms with Gasteiger partial charge in [0.1, 0.15) is 0 Å². The summed E-state index contributed by atoms with van der Waals surface area (Å²) in [6, 6.07) is 5.95. The minimum atomic E-state index is -0.256. The van der Waals surface area contributed by atoms with Gasteiger partial charge < -0.3 is 15.8 Å². The fraction of sp³-hybridized carbons (Fsp3) is 0.357. The van der Waals surface area contributed by atoms with Gasteiger partial charge in [0.05, 0.1) is 28.7 Å². The van der Waals surface area contributed by atoms with Crippen LogP contribution in [-0.4, -0.2) is 24.2 Å². The average Bonchev–Trinajstić information content (AvgIpc) is 2.37. The van der Waals surface area contributed by atoms with E-state index < -0.39 is 0 Å². The minimum absolute atomic E-state index is 0.256. The molecule has 0 unspecified atom stereocenters. The van der Waals surface area contributed by atoms with Gasteiger partial charge in [-0.1, -0.05) is 15.9 Å². The lowest BCUT2D eigenvalue weighted by Gasteiger charge is -2.24. The van der Waals surface area contributed by atoms with Gasteiger partial charge in [0.2, 0.25) is 0 Å². The molecule has 1 aromatic heterocycles. The number of nitrogens with zero attached hydrogens (tertiary/aromatic N) is 1. The van der Waals surface area contributed by atoms with Crippen molar-refractivity contribution in [1.29, 1.82) is 0 Å². The van der Waals surface area contributed by atoms with Crippen molar-refractivity contribution in [2.45, 2.75) is 19.4 Å². The van der Waals surface area contributed by atoms with Crippen LogP contribution in [0.4, 0.5) is 11.4 Å². The van der Waals surface area contributed by atoms with Crippen LogP contribution in [0.5, 0.6) is 0 Å². The number of hydrogen-bond acceptors (Lipinski definition) is 4. The molecule has 0 spiro atoms. The van der Waals surface area contributed by atoms with E-state index in [-0.39, 0.29) is 5.60 Å². The number of methoxy groups -OCH3 is 1. The van der Waals surface area contributed by atoms with Crippen LogP contribution in [0, 0.1) is 0 Å². The molecule has 0 saturated carbocycles. The molecule has 2 aromatic rings. The molecule has 3 N–H and O–H groups in total. The first-order chi connectivity index (χ1) is 8.93. The summed E-state index contributed by atoms with van der Waals surface area (Å²) in [6.07, 6.45) is 1.68. The lowest BCUT2D eigenvalue weighted by Crippen LogP contribution is -2.32. The second-order valence-electron chi connectivity index (χ2n) is 5.07. The van der Waals surface area contributed by atoms with E-state index in [2.05, 4.69) is 26.2 Å². The smallest absolute Gasteiger partial charge is 0.0794 e. The zero-order chi connectivity index (χ0) is 14.0. The Morgan fingerprint density at radius 1 is 1.42 bits per heavy atom. The maximum atomic E-state index is 6.03. The molecule has 0 aliphatic carbocycles. The highest BCUT2D eigenvalue weighted by molar-refractivity contribution is 9.10. The first-order valence-electron chi connectivity index (χ1n) is 6.06. The summed E-state index contributed by atoms with van der Waals surface area (Å²) < 4.78 is 6.41. The number of nitrogens with one attached hydrogen (secondary N) is 1. The van der Waals surface area contributed by atoms with Gasteiger partial charge >= 0.3 is 0 Å². The van der Waals surface area contributed by atoms with Gasteiger partial charge in [-0.25, -0.2) is 0 Å². The first kappa shape index (κ1) is 14.1. The highest BCUT2D eigenvalue weighted by atomic mass is 79.9. The number of hydrogen-bond donors (Lipinski definition) is 2. The lowest BCUT2D eigenvalue weighted by atomic mass is 10.1. The van der Waals surface area contributed by atoms with Gasteiger partial charge in [0.15, 0.2) is 0 Å². The van der Waals surface area contributed by atoms with Crippen LogP contribution in [0.3, 0.4) is 0 Å². The molecule has 0 radical (unpaired) electrons. The molecule has 4 nitrogen and oxygen atoms in total. The van der Waals surface area contributed by atoms with Crippen molar-refractivity contribution in [2.24, 2.45) is 0 Å². The summed E-state index contributed by atoms with van der Waals surface area (Å²) in [6.45, 7) is 4.71. The topological polar surface area (TPSA) is 60.2 Å². The fourth-order valence-electron chi connectivity index (χ4n) is 1.75. The third-order valence-corrected chi connectivity index (χ3v) is 3.60. The van der Waals surface area contributed by atoms with Crippen LogP contribution in [-0.2, 0) is 4.74 Å². The van der Waals surface area contributed by atoms with Crippen LogP contribution in [0.15, 0.2) is 28.9 Å². The van der Waals surface area contributed by atoms with E-state index in [0.29, 0.717) is 12.2 Å². The van der Waals surface area contributed by atoms with E-state index in [1.807, 2.05) is 32.0 Å². The van der Waals surface area contributed by atoms with E-state index in [1.165, 1.54) is 0 Å². The Hall–Kier alpha value is -1.33. The van der Waals surface area contributed by atoms with Crippen LogP contribution < -0.4 is 11.1 Å². The summed E-state index contributed by atoms with van der Waals surface area (Å²) in [5.74, 6) is 0. The molecule has 1 aromatic carbocycles. The SMILES string of the molecule is COC(C)(C)CNc1c(N)cnc2ccc(Br)cc12. The van der Waals surface area contributed by atoms with Gasteiger partial charge in [-0.05, 0) is 32.0 Å². The Balaban J connectivity index is 2.41. The molecule has 0 amide bonds. The van der Waals surface area contributed by atoms with Crippen molar-refractivity contribution in [1.82, 2.24) is 4.98 Å². The van der Waals surface area contributed by atoms with Gasteiger partial charge in [0, 0.05) is 23.5 Å². The molecule has 0 atom stereocenters. The van der Waals surface area contributed by atoms with Gasteiger partial charge in [-0.15, -0.1) is 0 Å². The molecular formula is C14H18BrN3O. The van der Waals surface area contributed by atoms with Crippen LogP contribution in [0.2, 0.25) is 0 Å². The van der Waals surface area contributed by atoms with E-state index >= 15 is 0 Å². The number of nitrogens with two attached hydrogens (primary N) is 1. The molecule has 5 heteroatoms. The number of aromatic nitrogens is 1. The number of pyridine rings is 1. The van der Waals surface area contributed by atoms with Gasteiger partial charge in [-0.2, -0.15) is 0 Å². The van der Waals surface area contributed by atoms with Gasteiger partial charge in [0.25, 0.3) is 0 Å². The van der Waals surface area contributed by atoms with Crippen molar-refractivity contribution < 1.29 is 4.74 Å². The van der Waals surface area contributed by atoms with Gasteiger partial charge in [-0.3, -0.25) is 4.98 Å². The maximum Gasteiger partial charge on any atom is 0.0794 e. The molecule has 0 fully saturated rings. The molecule has 19 heavy (non-hydrogen) atoms. The molecule has 0 bridgehead atoms. The fourth-order valence-corrected chi connectivity index (χ4v) is 2.11. The van der Waals surface area contributed by atoms with Crippen molar-refractivity contribution in [3.63, 3.8) is 0 Å². The van der Waals surface area contributed by atoms with Crippen molar-refractivity contribution in [3.8, 4) is 0 Å². The van der Waals surface area contributed by atoms with Crippen LogP contribution >= 0.6 is 15.9 Å². The summed E-state index contributed by atoms with van der Waals surface area (Å²) in [5.41, 5.74) is 8.22. The predicted octanol–water partition coefficient (Wildman–Crippen LogP) is 3.42. The molecule has 0 saturated heterocycles. The molecule has 102 valence electrons. The molecular weight excluding hydrogens is 306 g/mol. The van der Waals surface area contributed by atoms with E-state index in [4.69, 9.17) is 10.5 Å². The lowest BCUT2D eigenvalue weighted by molar-refractivity contribution is 0.0344. The third-order valence-electron chi connectivity index (χ3n) is 3.10. The van der Waals surface area contributed by atoms with Crippen LogP contribution in [0.1, 0.15) is 13.8 Å². The summed E-state index contributed by atoms with van der Waals surface area (Å²) in [7, 11) is 1.70. The third kappa shape index (κ3) is 3.16. The summed E-state index contributed by atoms with van der Waals surface area (Å²) >= 11 is 3.47. The molecule has 1 heterocycles. The Kier molecular flexibility index (Phi) is 3.96. The summed E-state index contributed by atoms with van der Waals surface area (Å²) in [5, 5.41) is 4.36. The number of fused-ring (bicyclic) bond motifs is 1. The maximum absolute atomic E-state index is 6.03. The average molecular weight is 324 g/mol. The second kappa shape index (κ2) is 5.35. The highest BCUT2D eigenvalue weighted by Crippen LogP contribution is 2.30. The standard InChI is InChI=1S/C14H18BrN3O/c1-14(2,19-3)8-18-13-10-6-9(15)4-5-12(10)17-7-11(13)16/h4-7H,8,16H2,1-3H3,(H,17,18). The number of benzene rings is 1. The monoisotopic (exact) mass is 323 g/mol. The molecule has 2 rings (SSSR count). The number of ether oxygens (including phenoxy) is 1. The Morgan fingerprint density at radius 2 is 2.16 bits per heavy atom. The van der Waals surface area contributed by atoms with Crippen molar-refractivity contribution in [2.75, 3.05) is 24.7 Å². The second-order valence-corrected chi connectivity index (χ2v) is 5.98. The van der Waals surface area contributed by atoms with E-state index in [0.717, 1.165) is 21.1 Å². The number of rotatable bonds is 4. The highest BCUT2D eigenvalue weighted by Gasteiger charge is 2.17. The van der Waals surface area contributed by atoms with Crippen molar-refractivity contribution >= 4 is 38.2 Å². The number of anilines is 2. The summed E-state index contributed by atoms with van der Waals surface area (Å²) in [4.78, 5) is 4.33. The minimum Gasteiger partial charge on any atom is -0.396 e. The zero-order valence-corrected chi connectivity index (χ0v) is 12.9. The number of halogens is 1. The number of nitrogen functional groups attached to an aromatic ring is 1. The largest absolute Gasteiger partial charge is 0.396 e. The Bertz CT molecular complexity index is 593. The Labute approximate surface area is 121 Å². The van der Waals surface area contributed by atoms with E-state index in [1.54, 1.807) is 13.3 Å². The first-order valence-corrected chi connectivity index (χ1v) is 6.85. The zero-order valence-electron chi connectivity index (χ0n) is 11.3.